The lowest BCUT2D eigenvalue weighted by molar-refractivity contribution is 0.355. The summed E-state index contributed by atoms with van der Waals surface area (Å²) in [4.78, 5) is 15.6. The molecule has 1 heterocycles. The number of H-pyrrole nitrogens is 1. The highest BCUT2D eigenvalue weighted by atomic mass is 32.2. The van der Waals surface area contributed by atoms with Crippen LogP contribution in [-0.2, 0) is 10.0 Å². The van der Waals surface area contributed by atoms with E-state index in [1.807, 2.05) is 0 Å². The van der Waals surface area contributed by atoms with Crippen molar-refractivity contribution in [3.63, 3.8) is 0 Å². The molecule has 3 rings (SSSR count). The fourth-order valence-electron chi connectivity index (χ4n) is 2.25. The minimum absolute atomic E-state index is 0.0859. The molecular formula is C16H15N3O6S. The van der Waals surface area contributed by atoms with E-state index in [1.165, 1.54) is 38.6 Å². The summed E-state index contributed by atoms with van der Waals surface area (Å²) in [6.07, 6.45) is 1.33. The zero-order valence-corrected chi connectivity index (χ0v) is 14.7. The zero-order valence-electron chi connectivity index (χ0n) is 13.8. The Balaban J connectivity index is 1.80. The van der Waals surface area contributed by atoms with Crippen LogP contribution in [0.3, 0.4) is 0 Å². The Labute approximate surface area is 148 Å². The van der Waals surface area contributed by atoms with Crippen LogP contribution in [0.5, 0.6) is 11.5 Å². The standard InChI is InChI=1S/C16H15N3O6S/c1-23-13-6-3-10(7-15(13)24-2)9-17-19-26(21,22)11-4-5-12-14(8-11)25-16(20)18-12/h3-9,19H,1-2H3,(H,18,20)/b17-9+. The van der Waals surface area contributed by atoms with Crippen LogP contribution in [-0.4, -0.2) is 33.8 Å². The molecule has 1 aromatic heterocycles. The summed E-state index contributed by atoms with van der Waals surface area (Å²) in [7, 11) is -0.907. The molecule has 2 aromatic carbocycles. The minimum Gasteiger partial charge on any atom is -0.493 e. The van der Waals surface area contributed by atoms with Gasteiger partial charge in [0.2, 0.25) is 0 Å². The first-order valence-electron chi connectivity index (χ1n) is 7.33. The summed E-state index contributed by atoms with van der Waals surface area (Å²) >= 11 is 0. The van der Waals surface area contributed by atoms with E-state index in [0.29, 0.717) is 22.6 Å². The van der Waals surface area contributed by atoms with Gasteiger partial charge in [0.05, 0.1) is 30.8 Å². The first-order chi connectivity index (χ1) is 12.4. The van der Waals surface area contributed by atoms with Crippen LogP contribution in [0, 0.1) is 0 Å². The number of hydrazone groups is 1. The van der Waals surface area contributed by atoms with E-state index >= 15 is 0 Å². The normalized spacial score (nSPS) is 11.8. The molecule has 2 N–H and O–H groups in total. The second kappa shape index (κ2) is 6.92. The van der Waals surface area contributed by atoms with E-state index in [0.717, 1.165) is 0 Å². The molecule has 0 aliphatic rings. The second-order valence-electron chi connectivity index (χ2n) is 5.14. The smallest absolute Gasteiger partial charge is 0.417 e. The van der Waals surface area contributed by atoms with Crippen LogP contribution in [0.15, 0.2) is 55.6 Å². The van der Waals surface area contributed by atoms with Gasteiger partial charge in [-0.3, -0.25) is 4.98 Å². The van der Waals surface area contributed by atoms with Crippen molar-refractivity contribution in [1.82, 2.24) is 9.82 Å². The Bertz CT molecular complexity index is 1130. The molecule has 9 nitrogen and oxygen atoms in total. The van der Waals surface area contributed by atoms with Gasteiger partial charge in [0.15, 0.2) is 17.1 Å². The van der Waals surface area contributed by atoms with Gasteiger partial charge in [-0.05, 0) is 35.9 Å². The number of rotatable bonds is 6. The van der Waals surface area contributed by atoms with Gasteiger partial charge in [0.1, 0.15) is 0 Å². The number of aromatic amines is 1. The van der Waals surface area contributed by atoms with Crippen LogP contribution in [0.4, 0.5) is 0 Å². The number of hydrogen-bond acceptors (Lipinski definition) is 7. The molecule has 136 valence electrons. The molecule has 0 aliphatic carbocycles. The van der Waals surface area contributed by atoms with Gasteiger partial charge >= 0.3 is 5.76 Å². The molecule has 3 aromatic rings. The fraction of sp³-hybridized carbons (Fsp3) is 0.125. The molecule has 0 saturated heterocycles. The highest BCUT2D eigenvalue weighted by Crippen LogP contribution is 2.26. The van der Waals surface area contributed by atoms with Crippen molar-refractivity contribution in [1.29, 1.82) is 0 Å². The second-order valence-corrected chi connectivity index (χ2v) is 6.80. The van der Waals surface area contributed by atoms with Gasteiger partial charge in [-0.1, -0.05) is 0 Å². The number of nitrogens with zero attached hydrogens (tertiary/aromatic N) is 1. The van der Waals surface area contributed by atoms with Gasteiger partial charge < -0.3 is 13.9 Å². The molecule has 0 fully saturated rings. The third kappa shape index (κ3) is 3.54. The summed E-state index contributed by atoms with van der Waals surface area (Å²) in [6.45, 7) is 0. The van der Waals surface area contributed by atoms with Gasteiger partial charge in [-0.2, -0.15) is 13.5 Å². The van der Waals surface area contributed by atoms with E-state index in [2.05, 4.69) is 14.9 Å². The molecule has 26 heavy (non-hydrogen) atoms. The lowest BCUT2D eigenvalue weighted by atomic mass is 10.2. The first kappa shape index (κ1) is 17.5. The van der Waals surface area contributed by atoms with Crippen molar-refractivity contribution in [2.24, 2.45) is 5.10 Å². The topological polar surface area (TPSA) is 123 Å². The van der Waals surface area contributed by atoms with E-state index in [1.54, 1.807) is 18.2 Å². The first-order valence-corrected chi connectivity index (χ1v) is 8.81. The highest BCUT2D eigenvalue weighted by Gasteiger charge is 2.15. The maximum absolute atomic E-state index is 12.3. The Morgan fingerprint density at radius 2 is 1.88 bits per heavy atom. The van der Waals surface area contributed by atoms with Crippen molar-refractivity contribution < 1.29 is 22.3 Å². The Morgan fingerprint density at radius 3 is 2.62 bits per heavy atom. The third-order valence-electron chi connectivity index (χ3n) is 3.50. The van der Waals surface area contributed by atoms with Crippen molar-refractivity contribution in [3.05, 3.63) is 52.5 Å². The van der Waals surface area contributed by atoms with E-state index in [-0.39, 0.29) is 10.5 Å². The Kier molecular flexibility index (Phi) is 4.67. The van der Waals surface area contributed by atoms with Gasteiger partial charge in [-0.15, -0.1) is 0 Å². The van der Waals surface area contributed by atoms with Crippen molar-refractivity contribution >= 4 is 27.3 Å². The maximum Gasteiger partial charge on any atom is 0.417 e. The van der Waals surface area contributed by atoms with Gasteiger partial charge in [0.25, 0.3) is 10.0 Å². The lowest BCUT2D eigenvalue weighted by Gasteiger charge is -2.07. The summed E-state index contributed by atoms with van der Waals surface area (Å²) in [5.74, 6) is 0.382. The van der Waals surface area contributed by atoms with Crippen LogP contribution in [0.2, 0.25) is 0 Å². The van der Waals surface area contributed by atoms with Gasteiger partial charge in [0, 0.05) is 6.07 Å². The summed E-state index contributed by atoms with van der Waals surface area (Å²) in [5.41, 5.74) is 1.15. The number of aromatic nitrogens is 1. The molecule has 0 atom stereocenters. The van der Waals surface area contributed by atoms with E-state index < -0.39 is 15.8 Å². The quantitative estimate of drug-likeness (QED) is 0.495. The molecule has 0 amide bonds. The van der Waals surface area contributed by atoms with Crippen LogP contribution < -0.4 is 20.1 Å². The number of fused-ring (bicyclic) bond motifs is 1. The number of nitrogens with one attached hydrogen (secondary N) is 2. The number of oxazole rings is 1. The summed E-state index contributed by atoms with van der Waals surface area (Å²) in [5, 5.41) is 3.75. The van der Waals surface area contributed by atoms with Crippen LogP contribution >= 0.6 is 0 Å². The molecule has 0 aliphatic heterocycles. The highest BCUT2D eigenvalue weighted by molar-refractivity contribution is 7.89. The third-order valence-corrected chi connectivity index (χ3v) is 4.72. The molecule has 0 saturated carbocycles. The maximum atomic E-state index is 12.3. The minimum atomic E-state index is -3.92. The Hall–Kier alpha value is -3.27. The summed E-state index contributed by atoms with van der Waals surface area (Å²) < 4.78 is 39.8. The predicted molar refractivity (Wildman–Crippen MR) is 94.3 cm³/mol. The Morgan fingerprint density at radius 1 is 1.12 bits per heavy atom. The van der Waals surface area contributed by atoms with Crippen molar-refractivity contribution in [2.45, 2.75) is 4.90 Å². The molecular weight excluding hydrogens is 362 g/mol. The van der Waals surface area contributed by atoms with Crippen molar-refractivity contribution in [2.75, 3.05) is 14.2 Å². The average molecular weight is 377 g/mol. The lowest BCUT2D eigenvalue weighted by Crippen LogP contribution is -2.18. The van der Waals surface area contributed by atoms with Crippen LogP contribution in [0.1, 0.15) is 5.56 Å². The number of benzene rings is 2. The largest absolute Gasteiger partial charge is 0.493 e. The summed E-state index contributed by atoms with van der Waals surface area (Å²) in [6, 6.07) is 9.03. The molecule has 0 unspecified atom stereocenters. The average Bonchev–Trinajstić information content (AvgIpc) is 3.00. The monoisotopic (exact) mass is 377 g/mol. The SMILES string of the molecule is COc1ccc(/C=N/NS(=O)(=O)c2ccc3[nH]c(=O)oc3c2)cc1OC. The zero-order chi connectivity index (χ0) is 18.7. The van der Waals surface area contributed by atoms with E-state index in [4.69, 9.17) is 13.9 Å². The predicted octanol–water partition coefficient (Wildman–Crippen LogP) is 1.45. The van der Waals surface area contributed by atoms with Crippen molar-refractivity contribution in [3.8, 4) is 11.5 Å². The molecule has 0 radical (unpaired) electrons. The molecule has 0 spiro atoms. The molecule has 0 bridgehead atoms. The number of sulfonamides is 1. The number of hydrogen-bond donors (Lipinski definition) is 2. The molecule has 10 heteroatoms. The fourth-order valence-corrected chi connectivity index (χ4v) is 3.06. The number of ether oxygens (including phenoxy) is 2. The van der Waals surface area contributed by atoms with Crippen LogP contribution in [0.25, 0.3) is 11.1 Å². The van der Waals surface area contributed by atoms with Gasteiger partial charge in [-0.25, -0.2) is 9.63 Å². The van der Waals surface area contributed by atoms with E-state index in [9.17, 15) is 13.2 Å². The number of methoxy groups -OCH3 is 2.